The number of fused-ring (bicyclic) bond motifs is 1. The normalized spacial score (nSPS) is 23.6. The summed E-state index contributed by atoms with van der Waals surface area (Å²) in [5.41, 5.74) is 4.27. The minimum Gasteiger partial charge on any atom is -0.386 e. The highest BCUT2D eigenvalue weighted by Gasteiger charge is 2.50. The highest BCUT2D eigenvalue weighted by atomic mass is 32.2. The van der Waals surface area contributed by atoms with Gasteiger partial charge in [0.15, 0.2) is 22.8 Å². The van der Waals surface area contributed by atoms with Crippen LogP contribution in [0.5, 0.6) is 0 Å². The number of phosphoric ester groups is 3. The average molecular weight is 836 g/mol. The molecule has 28 heteroatoms. The van der Waals surface area contributed by atoms with Crippen molar-refractivity contribution in [2.45, 2.75) is 63.8 Å². The highest BCUT2D eigenvalue weighted by molar-refractivity contribution is 8.13. The molecule has 0 radical (unpaired) electrons. The van der Waals surface area contributed by atoms with Crippen LogP contribution in [0, 0.1) is 11.3 Å². The van der Waals surface area contributed by atoms with Crippen molar-refractivity contribution in [1.82, 2.24) is 30.2 Å². The zero-order valence-electron chi connectivity index (χ0n) is 28.1. The van der Waals surface area contributed by atoms with E-state index in [1.165, 1.54) is 13.8 Å². The van der Waals surface area contributed by atoms with Gasteiger partial charge in [-0.05, 0) is 12.8 Å². The summed E-state index contributed by atoms with van der Waals surface area (Å²) in [6, 6.07) is 0. The lowest BCUT2D eigenvalue weighted by atomic mass is 9.87. The van der Waals surface area contributed by atoms with E-state index in [0.29, 0.717) is 5.75 Å². The van der Waals surface area contributed by atoms with E-state index in [1.54, 1.807) is 0 Å². The first-order valence-corrected chi connectivity index (χ1v) is 21.2. The van der Waals surface area contributed by atoms with Crippen LogP contribution in [-0.4, -0.2) is 123 Å². The standard InChI is InChI=1S/C25H40N7O17P3S/c1-25(2,19(35)22(36)28-6-5-15(33)27-7-8-53-24(37)13-3-4-13)10-46-52(43,44)49-51(41,42)45-9-14-18(48-50(38,39)40)17(34)23(47-14)32-12-31-16-20(26)29-11-30-21(16)32/h11-14,17-19,23,34-35H,3-10H2,1-2H3,(H,27,33)(H,28,36)(H,41,42)(H,43,44)(H2,26,29,30)(H2,38,39,40)/t14-,17-,18-,19?,23-/m1/s1. The van der Waals surface area contributed by atoms with E-state index in [1.807, 2.05) is 0 Å². The summed E-state index contributed by atoms with van der Waals surface area (Å²) in [5, 5.41) is 26.4. The van der Waals surface area contributed by atoms with Gasteiger partial charge in [-0.25, -0.2) is 28.6 Å². The summed E-state index contributed by atoms with van der Waals surface area (Å²) in [6.07, 6.45) is -5.09. The zero-order valence-corrected chi connectivity index (χ0v) is 31.6. The number of aliphatic hydroxyl groups excluding tert-OH is 2. The number of anilines is 1. The lowest BCUT2D eigenvalue weighted by Gasteiger charge is -2.30. The maximum atomic E-state index is 12.6. The van der Waals surface area contributed by atoms with Crippen molar-refractivity contribution in [3.05, 3.63) is 12.7 Å². The minimum atomic E-state index is -5.56. The Morgan fingerprint density at radius 2 is 1.75 bits per heavy atom. The maximum Gasteiger partial charge on any atom is 0.481 e. The van der Waals surface area contributed by atoms with Gasteiger partial charge >= 0.3 is 23.5 Å². The Morgan fingerprint density at radius 1 is 1.08 bits per heavy atom. The van der Waals surface area contributed by atoms with Gasteiger partial charge in [0.05, 0.1) is 19.5 Å². The van der Waals surface area contributed by atoms with Gasteiger partial charge in [-0.1, -0.05) is 25.6 Å². The summed E-state index contributed by atoms with van der Waals surface area (Å²) in [4.78, 5) is 87.0. The molecule has 10 N–H and O–H groups in total. The topological polar surface area (TPSA) is 364 Å². The molecule has 3 heterocycles. The van der Waals surface area contributed by atoms with E-state index in [9.17, 15) is 57.9 Å². The van der Waals surface area contributed by atoms with Gasteiger partial charge in [-0.3, -0.25) is 32.5 Å². The summed E-state index contributed by atoms with van der Waals surface area (Å²) in [6.45, 7) is 0.574. The number of hydrogen-bond acceptors (Lipinski definition) is 18. The van der Waals surface area contributed by atoms with Crippen LogP contribution in [-0.2, 0) is 50.7 Å². The molecule has 3 unspecified atom stereocenters. The van der Waals surface area contributed by atoms with Crippen molar-refractivity contribution in [3.63, 3.8) is 0 Å². The van der Waals surface area contributed by atoms with Crippen LogP contribution in [0.4, 0.5) is 5.82 Å². The predicted octanol–water partition coefficient (Wildman–Crippen LogP) is -0.925. The van der Waals surface area contributed by atoms with Crippen molar-refractivity contribution in [2.75, 3.05) is 37.8 Å². The Balaban J connectivity index is 1.25. The van der Waals surface area contributed by atoms with E-state index < -0.39 is 84.6 Å². The molecule has 53 heavy (non-hydrogen) atoms. The Bertz CT molecular complexity index is 1790. The molecule has 1 saturated carbocycles. The predicted molar refractivity (Wildman–Crippen MR) is 180 cm³/mol. The van der Waals surface area contributed by atoms with Gasteiger partial charge in [0.25, 0.3) is 0 Å². The van der Waals surface area contributed by atoms with Crippen LogP contribution in [0.3, 0.4) is 0 Å². The third-order valence-electron chi connectivity index (χ3n) is 7.66. The van der Waals surface area contributed by atoms with Gasteiger partial charge in [-0.2, -0.15) is 4.31 Å². The molecule has 298 valence electrons. The fourth-order valence-electron chi connectivity index (χ4n) is 4.72. The van der Waals surface area contributed by atoms with Gasteiger partial charge in [-0.15, -0.1) is 0 Å². The van der Waals surface area contributed by atoms with Crippen LogP contribution in [0.1, 0.15) is 39.3 Å². The molecule has 1 aliphatic heterocycles. The molecule has 2 fully saturated rings. The van der Waals surface area contributed by atoms with Crippen LogP contribution >= 0.6 is 35.2 Å². The molecule has 4 rings (SSSR count). The second-order valence-electron chi connectivity index (χ2n) is 12.5. The number of ether oxygens (including phenoxy) is 1. The molecule has 1 aliphatic carbocycles. The maximum absolute atomic E-state index is 12.6. The quantitative estimate of drug-likeness (QED) is 0.0575. The number of nitrogens with zero attached hydrogens (tertiary/aromatic N) is 4. The number of aliphatic hydroxyl groups is 2. The van der Waals surface area contributed by atoms with Crippen LogP contribution in [0.15, 0.2) is 12.7 Å². The number of carbonyl (C=O) groups excluding carboxylic acids is 3. The lowest BCUT2D eigenvalue weighted by molar-refractivity contribution is -0.137. The number of nitrogens with one attached hydrogen (secondary N) is 2. The fourth-order valence-corrected chi connectivity index (χ4v) is 8.42. The number of hydrogen-bond donors (Lipinski definition) is 9. The molecular formula is C25H40N7O17P3S. The van der Waals surface area contributed by atoms with Gasteiger partial charge in [0.1, 0.15) is 36.3 Å². The SMILES string of the molecule is CC(C)(COP(=O)(O)OP(=O)(O)OC[C@H]1O[C@@H](n2cnc3c(N)ncnc32)[C@H](O)[C@@H]1OP(=O)(O)O)C(O)C(=O)NCCC(=O)NCCSC(=O)C1CC1. The van der Waals surface area contributed by atoms with E-state index in [2.05, 4.69) is 34.4 Å². The molecule has 2 amide bonds. The van der Waals surface area contributed by atoms with Crippen LogP contribution < -0.4 is 16.4 Å². The van der Waals surface area contributed by atoms with Gasteiger partial charge in [0.2, 0.25) is 11.8 Å². The zero-order chi connectivity index (χ0) is 39.4. The second-order valence-corrected chi connectivity index (χ2v) is 17.8. The third-order valence-corrected chi connectivity index (χ3v) is 11.8. The molecule has 7 atom stereocenters. The first kappa shape index (κ1) is 43.3. The molecule has 0 spiro atoms. The largest absolute Gasteiger partial charge is 0.481 e. The third kappa shape index (κ3) is 12.5. The van der Waals surface area contributed by atoms with Crippen molar-refractivity contribution < 1.29 is 80.5 Å². The number of imidazole rings is 1. The van der Waals surface area contributed by atoms with Crippen molar-refractivity contribution in [1.29, 1.82) is 0 Å². The number of nitrogens with two attached hydrogens (primary N) is 1. The number of phosphoric acid groups is 3. The Morgan fingerprint density at radius 3 is 2.42 bits per heavy atom. The van der Waals surface area contributed by atoms with E-state index in [4.69, 9.17) is 19.5 Å². The van der Waals surface area contributed by atoms with E-state index in [-0.39, 0.29) is 47.5 Å². The van der Waals surface area contributed by atoms with E-state index >= 15 is 0 Å². The lowest BCUT2D eigenvalue weighted by Crippen LogP contribution is -2.46. The molecule has 2 aliphatic rings. The molecule has 2 aromatic rings. The monoisotopic (exact) mass is 835 g/mol. The summed E-state index contributed by atoms with van der Waals surface area (Å²) in [7, 11) is -16.4. The molecule has 0 bridgehead atoms. The number of aromatic nitrogens is 4. The number of thioether (sulfide) groups is 1. The van der Waals surface area contributed by atoms with Crippen LogP contribution in [0.25, 0.3) is 11.2 Å². The summed E-state index contributed by atoms with van der Waals surface area (Å²) in [5.74, 6) is -0.911. The van der Waals surface area contributed by atoms with Crippen molar-refractivity contribution in [3.8, 4) is 0 Å². The van der Waals surface area contributed by atoms with Crippen molar-refractivity contribution >= 4 is 69.1 Å². The Hall–Kier alpha value is -2.44. The molecule has 2 aromatic heterocycles. The first-order valence-electron chi connectivity index (χ1n) is 15.6. The summed E-state index contributed by atoms with van der Waals surface area (Å²) >= 11 is 1.14. The highest BCUT2D eigenvalue weighted by Crippen LogP contribution is 2.61. The average Bonchev–Trinajstić information content (AvgIpc) is 3.76. The van der Waals surface area contributed by atoms with E-state index in [0.717, 1.165) is 41.8 Å². The Labute approximate surface area is 305 Å². The number of rotatable bonds is 20. The Kier molecular flexibility index (Phi) is 14.3. The molecular weight excluding hydrogens is 795 g/mol. The first-order chi connectivity index (χ1) is 24.6. The molecule has 24 nitrogen and oxygen atoms in total. The minimum absolute atomic E-state index is 0.0325. The molecule has 0 aromatic carbocycles. The van der Waals surface area contributed by atoms with Crippen LogP contribution in [0.2, 0.25) is 0 Å². The van der Waals surface area contributed by atoms with Gasteiger partial charge < -0.3 is 50.9 Å². The second kappa shape index (κ2) is 17.6. The van der Waals surface area contributed by atoms with Crippen molar-refractivity contribution in [2.24, 2.45) is 11.3 Å². The summed E-state index contributed by atoms with van der Waals surface area (Å²) < 4.78 is 62.0. The number of nitrogen functional groups attached to an aromatic ring is 1. The van der Waals surface area contributed by atoms with Gasteiger partial charge in [0, 0.05) is 36.6 Å². The smallest absolute Gasteiger partial charge is 0.386 e. The fraction of sp³-hybridized carbons (Fsp3) is 0.680. The number of carbonyl (C=O) groups is 3. The molecule has 1 saturated heterocycles. The number of amides is 2.